The predicted molar refractivity (Wildman–Crippen MR) is 74.3 cm³/mol. The van der Waals surface area contributed by atoms with E-state index in [1.807, 2.05) is 0 Å². The molecule has 0 aromatic heterocycles. The molecule has 1 N–H and O–H groups in total. The Labute approximate surface area is 110 Å². The third-order valence-electron chi connectivity index (χ3n) is 4.55. The van der Waals surface area contributed by atoms with Crippen molar-refractivity contribution in [2.75, 3.05) is 5.75 Å². The van der Waals surface area contributed by atoms with Crippen LogP contribution in [-0.4, -0.2) is 17.7 Å². The van der Waals surface area contributed by atoms with Gasteiger partial charge in [-0.3, -0.25) is 4.79 Å². The Kier molecular flexibility index (Phi) is 4.40. The first-order valence-corrected chi connectivity index (χ1v) is 7.71. The molecule has 0 spiro atoms. The maximum absolute atomic E-state index is 12.0. The Hall–Kier alpha value is -0.180. The maximum Gasteiger partial charge on any atom is 0.220 e. The molecule has 2 saturated carbocycles. The van der Waals surface area contributed by atoms with Crippen LogP contribution < -0.4 is 5.32 Å². The normalized spacial score (nSPS) is 30.9. The number of rotatable bonds is 5. The van der Waals surface area contributed by atoms with Crippen LogP contribution in [0.4, 0.5) is 0 Å². The van der Waals surface area contributed by atoms with E-state index in [-0.39, 0.29) is 11.3 Å². The highest BCUT2D eigenvalue weighted by Crippen LogP contribution is 2.49. The molecule has 2 atom stereocenters. The van der Waals surface area contributed by atoms with Crippen LogP contribution in [0.3, 0.4) is 0 Å². The second-order valence-electron chi connectivity index (χ2n) is 6.04. The van der Waals surface area contributed by atoms with E-state index in [4.69, 9.17) is 0 Å². The minimum absolute atomic E-state index is 0.256. The number of amides is 1. The van der Waals surface area contributed by atoms with Crippen molar-refractivity contribution in [2.24, 2.45) is 11.3 Å². The molecule has 0 aromatic carbocycles. The van der Waals surface area contributed by atoms with Gasteiger partial charge in [0.25, 0.3) is 0 Å². The first kappa shape index (κ1) is 13.3. The van der Waals surface area contributed by atoms with Gasteiger partial charge in [-0.2, -0.15) is 12.6 Å². The summed E-state index contributed by atoms with van der Waals surface area (Å²) in [7, 11) is 0. The molecule has 0 bridgehead atoms. The van der Waals surface area contributed by atoms with E-state index in [1.165, 1.54) is 44.9 Å². The second-order valence-corrected chi connectivity index (χ2v) is 6.36. The summed E-state index contributed by atoms with van der Waals surface area (Å²) in [5.74, 6) is 1.95. The van der Waals surface area contributed by atoms with Gasteiger partial charge in [-0.05, 0) is 42.8 Å². The molecule has 0 heterocycles. The van der Waals surface area contributed by atoms with Gasteiger partial charge < -0.3 is 5.32 Å². The van der Waals surface area contributed by atoms with Crippen LogP contribution in [0, 0.1) is 11.3 Å². The highest BCUT2D eigenvalue weighted by Gasteiger charge is 2.43. The van der Waals surface area contributed by atoms with Gasteiger partial charge in [-0.25, -0.2) is 0 Å². The molecule has 0 saturated heterocycles. The minimum atomic E-state index is 0.256. The Bertz CT molecular complexity index is 275. The number of hydrogen-bond donors (Lipinski definition) is 2. The van der Waals surface area contributed by atoms with Crippen molar-refractivity contribution in [3.63, 3.8) is 0 Å². The molecule has 2 nitrogen and oxygen atoms in total. The SMILES string of the molecule is CCC1CCCC(NC(=O)CC2(CS)CC2)C1. The van der Waals surface area contributed by atoms with E-state index in [0.29, 0.717) is 12.5 Å². The zero-order chi connectivity index (χ0) is 12.3. The lowest BCUT2D eigenvalue weighted by Crippen LogP contribution is -2.39. The lowest BCUT2D eigenvalue weighted by Gasteiger charge is -2.29. The average Bonchev–Trinajstić information content (AvgIpc) is 3.09. The molecule has 0 aromatic rings. The molecule has 0 radical (unpaired) electrons. The number of thiol groups is 1. The van der Waals surface area contributed by atoms with Crippen molar-refractivity contribution >= 4 is 18.5 Å². The molecule has 2 aliphatic carbocycles. The number of hydrogen-bond acceptors (Lipinski definition) is 2. The van der Waals surface area contributed by atoms with Crippen LogP contribution in [0.2, 0.25) is 0 Å². The summed E-state index contributed by atoms with van der Waals surface area (Å²) in [6.45, 7) is 2.26. The van der Waals surface area contributed by atoms with Crippen LogP contribution in [0.25, 0.3) is 0 Å². The minimum Gasteiger partial charge on any atom is -0.353 e. The topological polar surface area (TPSA) is 29.1 Å². The van der Waals surface area contributed by atoms with E-state index in [1.54, 1.807) is 0 Å². The van der Waals surface area contributed by atoms with E-state index in [2.05, 4.69) is 24.9 Å². The van der Waals surface area contributed by atoms with Crippen LogP contribution in [-0.2, 0) is 4.79 Å². The quantitative estimate of drug-likeness (QED) is 0.726. The van der Waals surface area contributed by atoms with Crippen molar-refractivity contribution in [1.82, 2.24) is 5.32 Å². The predicted octanol–water partition coefficient (Wildman–Crippen LogP) is 3.17. The Morgan fingerprint density at radius 3 is 2.76 bits per heavy atom. The van der Waals surface area contributed by atoms with Crippen molar-refractivity contribution in [2.45, 2.75) is 64.3 Å². The van der Waals surface area contributed by atoms with Crippen LogP contribution in [0.5, 0.6) is 0 Å². The summed E-state index contributed by atoms with van der Waals surface area (Å²) in [6.07, 6.45) is 9.33. The van der Waals surface area contributed by atoms with Gasteiger partial charge in [0.2, 0.25) is 5.91 Å². The number of carbonyl (C=O) groups is 1. The summed E-state index contributed by atoms with van der Waals surface area (Å²) >= 11 is 4.35. The highest BCUT2D eigenvalue weighted by atomic mass is 32.1. The van der Waals surface area contributed by atoms with Gasteiger partial charge in [-0.1, -0.05) is 26.2 Å². The van der Waals surface area contributed by atoms with Crippen molar-refractivity contribution in [3.8, 4) is 0 Å². The molecule has 98 valence electrons. The smallest absolute Gasteiger partial charge is 0.220 e. The molecule has 3 heteroatoms. The molecule has 2 rings (SSSR count). The van der Waals surface area contributed by atoms with Crippen LogP contribution in [0.1, 0.15) is 58.3 Å². The fourth-order valence-corrected chi connectivity index (χ4v) is 3.41. The zero-order valence-electron chi connectivity index (χ0n) is 10.9. The largest absolute Gasteiger partial charge is 0.353 e. The van der Waals surface area contributed by atoms with E-state index >= 15 is 0 Å². The average molecular weight is 255 g/mol. The first-order chi connectivity index (χ1) is 8.17. The van der Waals surface area contributed by atoms with Gasteiger partial charge in [0, 0.05) is 12.5 Å². The summed E-state index contributed by atoms with van der Waals surface area (Å²) in [5.41, 5.74) is 0.256. The molecule has 2 fully saturated rings. The van der Waals surface area contributed by atoms with Gasteiger partial charge in [-0.15, -0.1) is 0 Å². The molecule has 0 aliphatic heterocycles. The van der Waals surface area contributed by atoms with E-state index < -0.39 is 0 Å². The summed E-state index contributed by atoms with van der Waals surface area (Å²) < 4.78 is 0. The van der Waals surface area contributed by atoms with Crippen LogP contribution in [0.15, 0.2) is 0 Å². The van der Waals surface area contributed by atoms with Crippen molar-refractivity contribution in [1.29, 1.82) is 0 Å². The van der Waals surface area contributed by atoms with Gasteiger partial charge in [0.15, 0.2) is 0 Å². The maximum atomic E-state index is 12.0. The lowest BCUT2D eigenvalue weighted by atomic mass is 9.84. The molecule has 2 aliphatic rings. The van der Waals surface area contributed by atoms with E-state index in [0.717, 1.165) is 11.7 Å². The summed E-state index contributed by atoms with van der Waals surface area (Å²) in [4.78, 5) is 12.0. The molecule has 1 amide bonds. The molecular weight excluding hydrogens is 230 g/mol. The Morgan fingerprint density at radius 1 is 1.41 bits per heavy atom. The summed E-state index contributed by atoms with van der Waals surface area (Å²) in [5, 5.41) is 3.24. The number of nitrogens with one attached hydrogen (secondary N) is 1. The molecule has 17 heavy (non-hydrogen) atoms. The fourth-order valence-electron chi connectivity index (χ4n) is 2.98. The third kappa shape index (κ3) is 3.64. The van der Waals surface area contributed by atoms with E-state index in [9.17, 15) is 4.79 Å². The standard InChI is InChI=1S/C14H25NOS/c1-2-11-4-3-5-12(8-11)15-13(16)9-14(10-17)6-7-14/h11-12,17H,2-10H2,1H3,(H,15,16). The van der Waals surface area contributed by atoms with Gasteiger partial charge in [0.05, 0.1) is 0 Å². The highest BCUT2D eigenvalue weighted by molar-refractivity contribution is 7.80. The zero-order valence-corrected chi connectivity index (χ0v) is 11.8. The molecule has 2 unspecified atom stereocenters. The van der Waals surface area contributed by atoms with Crippen LogP contribution >= 0.6 is 12.6 Å². The first-order valence-electron chi connectivity index (χ1n) is 7.08. The Morgan fingerprint density at radius 2 is 2.18 bits per heavy atom. The summed E-state index contributed by atoms with van der Waals surface area (Å²) in [6, 6.07) is 0.442. The fraction of sp³-hybridized carbons (Fsp3) is 0.929. The second kappa shape index (κ2) is 5.64. The van der Waals surface area contributed by atoms with Gasteiger partial charge >= 0.3 is 0 Å². The monoisotopic (exact) mass is 255 g/mol. The van der Waals surface area contributed by atoms with Gasteiger partial charge in [0.1, 0.15) is 0 Å². The van der Waals surface area contributed by atoms with Crippen molar-refractivity contribution in [3.05, 3.63) is 0 Å². The molecular formula is C14H25NOS. The van der Waals surface area contributed by atoms with Crippen molar-refractivity contribution < 1.29 is 4.79 Å². The Balaban J connectivity index is 1.74. The lowest BCUT2D eigenvalue weighted by molar-refractivity contribution is -0.123. The third-order valence-corrected chi connectivity index (χ3v) is 5.22. The number of carbonyl (C=O) groups excluding carboxylic acids is 1.